The first-order valence-corrected chi connectivity index (χ1v) is 21.0. The molecular formula is C48H58N4O11. The van der Waals surface area contributed by atoms with Gasteiger partial charge in [0.15, 0.2) is 0 Å². The van der Waals surface area contributed by atoms with E-state index in [4.69, 9.17) is 23.7 Å². The zero-order chi connectivity index (χ0) is 46.2. The molecule has 15 heteroatoms. The van der Waals surface area contributed by atoms with E-state index < -0.39 is 59.8 Å². The number of esters is 3. The van der Waals surface area contributed by atoms with Crippen molar-refractivity contribution >= 4 is 58.4 Å². The van der Waals surface area contributed by atoms with Crippen LogP contribution in [0.5, 0.6) is 5.75 Å². The molecule has 0 bridgehead atoms. The molecule has 2 N–H and O–H groups in total. The number of benzene rings is 4. The fraction of sp³-hybridized carbons (Fsp3) is 0.396. The van der Waals surface area contributed by atoms with Crippen LogP contribution in [0.1, 0.15) is 107 Å². The summed E-state index contributed by atoms with van der Waals surface area (Å²) in [6, 6.07) is 23.7. The van der Waals surface area contributed by atoms with Gasteiger partial charge in [0, 0.05) is 12.0 Å². The van der Waals surface area contributed by atoms with E-state index in [1.165, 1.54) is 35.2 Å². The SMILES string of the molecule is CCCCOC(=O)CN(C(=O)c1cccc2cc(OC(=O)c3ccc(N=C(NC(=O)OC(C)(C)C)NC(=O)OC(C)(C)C)cc3)ccc12)[C@@H](Cc1ccccc1)C(=O)OCCCC. The highest BCUT2D eigenvalue weighted by Gasteiger charge is 2.35. The third-order valence-electron chi connectivity index (χ3n) is 8.86. The normalized spacial score (nSPS) is 11.7. The number of aliphatic imine (C=N–C) groups is 1. The molecule has 4 rings (SSSR count). The van der Waals surface area contributed by atoms with Gasteiger partial charge in [-0.1, -0.05) is 69.2 Å². The van der Waals surface area contributed by atoms with E-state index in [9.17, 15) is 28.8 Å². The third kappa shape index (κ3) is 16.2. The molecule has 63 heavy (non-hydrogen) atoms. The molecule has 15 nitrogen and oxygen atoms in total. The molecule has 4 aromatic carbocycles. The highest BCUT2D eigenvalue weighted by Crippen LogP contribution is 2.27. The fourth-order valence-electron chi connectivity index (χ4n) is 5.93. The van der Waals surface area contributed by atoms with Crippen molar-refractivity contribution in [2.45, 2.75) is 105 Å². The Morgan fingerprint density at radius 3 is 1.89 bits per heavy atom. The molecule has 0 saturated heterocycles. The summed E-state index contributed by atoms with van der Waals surface area (Å²) in [5, 5.41) is 5.85. The molecule has 0 saturated carbocycles. The number of unbranched alkanes of at least 4 members (excludes halogenated alkanes) is 2. The minimum atomic E-state index is -1.14. The van der Waals surface area contributed by atoms with E-state index in [-0.39, 0.29) is 48.2 Å². The molecule has 4 aromatic rings. The van der Waals surface area contributed by atoms with Crippen molar-refractivity contribution in [1.29, 1.82) is 0 Å². The van der Waals surface area contributed by atoms with Gasteiger partial charge in [0.05, 0.1) is 24.5 Å². The van der Waals surface area contributed by atoms with Gasteiger partial charge >= 0.3 is 30.1 Å². The number of carbonyl (C=O) groups is 6. The van der Waals surface area contributed by atoms with E-state index in [1.54, 1.807) is 71.9 Å². The Kier molecular flexibility index (Phi) is 17.8. The number of guanidine groups is 1. The largest absolute Gasteiger partial charge is 0.464 e. The second-order valence-corrected chi connectivity index (χ2v) is 16.6. The zero-order valence-electron chi connectivity index (χ0n) is 37.3. The van der Waals surface area contributed by atoms with Crippen molar-refractivity contribution in [2.75, 3.05) is 19.8 Å². The highest BCUT2D eigenvalue weighted by atomic mass is 16.6. The van der Waals surface area contributed by atoms with Crippen molar-refractivity contribution in [3.63, 3.8) is 0 Å². The molecule has 0 unspecified atom stereocenters. The van der Waals surface area contributed by atoms with Gasteiger partial charge < -0.3 is 28.6 Å². The highest BCUT2D eigenvalue weighted by molar-refractivity contribution is 6.09. The van der Waals surface area contributed by atoms with Crippen molar-refractivity contribution in [3.8, 4) is 5.75 Å². The van der Waals surface area contributed by atoms with E-state index in [1.807, 2.05) is 44.2 Å². The quantitative estimate of drug-likeness (QED) is 0.0273. The molecule has 0 spiro atoms. The maximum Gasteiger partial charge on any atom is 0.414 e. The van der Waals surface area contributed by atoms with Crippen molar-refractivity contribution in [3.05, 3.63) is 108 Å². The number of carbonyl (C=O) groups excluding carboxylic acids is 6. The first-order valence-electron chi connectivity index (χ1n) is 21.0. The number of nitrogens with zero attached hydrogens (tertiary/aromatic N) is 2. The standard InChI is InChI=1S/C48H58N4O11/c1-9-11-27-59-40(53)31-52(39(43(56)60-28-12-10-2)29-32-17-14-13-15-18-32)41(54)38-20-16-19-34-30-36(25-26-37(34)38)61-42(55)33-21-23-35(24-22-33)49-44(50-45(57)62-47(3,4)5)51-46(58)63-48(6,7)8/h13-26,30,39H,9-12,27-29,31H2,1-8H3,(H2,49,50,51,57,58)/t39-/m0/s1. The minimum absolute atomic E-state index is 0.102. The lowest BCUT2D eigenvalue weighted by Crippen LogP contribution is -2.49. The monoisotopic (exact) mass is 866 g/mol. The summed E-state index contributed by atoms with van der Waals surface area (Å²) in [7, 11) is 0. The number of ether oxygens (including phenoxy) is 5. The number of rotatable bonds is 16. The van der Waals surface area contributed by atoms with Gasteiger partial charge in [0.1, 0.15) is 29.5 Å². The van der Waals surface area contributed by atoms with Crippen molar-refractivity contribution in [2.24, 2.45) is 4.99 Å². The Morgan fingerprint density at radius 2 is 1.30 bits per heavy atom. The van der Waals surface area contributed by atoms with Crippen molar-refractivity contribution < 1.29 is 52.5 Å². The van der Waals surface area contributed by atoms with Crippen LogP contribution in [0.3, 0.4) is 0 Å². The third-order valence-corrected chi connectivity index (χ3v) is 8.86. The maximum atomic E-state index is 14.6. The summed E-state index contributed by atoms with van der Waals surface area (Å²) < 4.78 is 27.4. The summed E-state index contributed by atoms with van der Waals surface area (Å²) in [6.45, 7) is 13.9. The van der Waals surface area contributed by atoms with Crippen LogP contribution in [0, 0.1) is 0 Å². The van der Waals surface area contributed by atoms with Gasteiger partial charge in [-0.15, -0.1) is 0 Å². The maximum absolute atomic E-state index is 14.6. The van der Waals surface area contributed by atoms with Gasteiger partial charge in [0.2, 0.25) is 5.96 Å². The lowest BCUT2D eigenvalue weighted by atomic mass is 10.00. The minimum Gasteiger partial charge on any atom is -0.464 e. The Bertz CT molecular complexity index is 2210. The molecular weight excluding hydrogens is 809 g/mol. The van der Waals surface area contributed by atoms with Gasteiger partial charge in [-0.3, -0.25) is 20.2 Å². The van der Waals surface area contributed by atoms with E-state index in [0.29, 0.717) is 23.6 Å². The first kappa shape index (κ1) is 48.9. The summed E-state index contributed by atoms with van der Waals surface area (Å²) >= 11 is 0. The predicted octanol–water partition coefficient (Wildman–Crippen LogP) is 8.84. The topological polar surface area (TPSA) is 188 Å². The molecule has 0 radical (unpaired) electrons. The summed E-state index contributed by atoms with van der Waals surface area (Å²) in [5.74, 6) is -2.65. The van der Waals surface area contributed by atoms with E-state index >= 15 is 0 Å². The first-order chi connectivity index (χ1) is 29.8. The molecule has 0 aliphatic carbocycles. The summed E-state index contributed by atoms with van der Waals surface area (Å²) in [6.07, 6.45) is 1.26. The molecule has 1 atom stereocenters. The van der Waals surface area contributed by atoms with Crippen LogP contribution in [0.15, 0.2) is 96.0 Å². The van der Waals surface area contributed by atoms with Gasteiger partial charge in [-0.2, -0.15) is 0 Å². The van der Waals surface area contributed by atoms with Crippen LogP contribution in [-0.4, -0.2) is 83.9 Å². The van der Waals surface area contributed by atoms with Gasteiger partial charge in [-0.05, 0) is 119 Å². The number of amides is 3. The van der Waals surface area contributed by atoms with Gasteiger partial charge in [0.25, 0.3) is 5.91 Å². The van der Waals surface area contributed by atoms with Gasteiger partial charge in [-0.25, -0.2) is 24.2 Å². The summed E-state index contributed by atoms with van der Waals surface area (Å²) in [5.41, 5.74) is -0.234. The molecule has 3 amide bonds. The number of fused-ring (bicyclic) bond motifs is 1. The molecule has 0 aliphatic heterocycles. The van der Waals surface area contributed by atoms with Crippen LogP contribution < -0.4 is 15.4 Å². The second kappa shape index (κ2) is 22.9. The second-order valence-electron chi connectivity index (χ2n) is 16.6. The lowest BCUT2D eigenvalue weighted by Gasteiger charge is -2.30. The Hall–Kier alpha value is -6.77. The molecule has 0 aromatic heterocycles. The van der Waals surface area contributed by atoms with Crippen molar-refractivity contribution in [1.82, 2.24) is 15.5 Å². The molecule has 336 valence electrons. The van der Waals surface area contributed by atoms with E-state index in [2.05, 4.69) is 15.6 Å². The van der Waals surface area contributed by atoms with Crippen LogP contribution >= 0.6 is 0 Å². The Labute approximate surface area is 368 Å². The Balaban J connectivity index is 1.59. The number of nitrogens with one attached hydrogen (secondary N) is 2. The number of hydrogen-bond acceptors (Lipinski definition) is 12. The van der Waals surface area contributed by atoms with Crippen LogP contribution in [0.25, 0.3) is 10.8 Å². The summed E-state index contributed by atoms with van der Waals surface area (Å²) in [4.78, 5) is 85.4. The Morgan fingerprint density at radius 1 is 0.698 bits per heavy atom. The van der Waals surface area contributed by atoms with Crippen LogP contribution in [-0.2, 0) is 35.0 Å². The van der Waals surface area contributed by atoms with Crippen LogP contribution in [0.4, 0.5) is 15.3 Å². The average molecular weight is 867 g/mol. The van der Waals surface area contributed by atoms with Crippen LogP contribution in [0.2, 0.25) is 0 Å². The molecule has 0 heterocycles. The average Bonchev–Trinajstić information content (AvgIpc) is 3.20. The predicted molar refractivity (Wildman–Crippen MR) is 238 cm³/mol. The lowest BCUT2D eigenvalue weighted by molar-refractivity contribution is -0.152. The molecule has 0 aliphatic rings. The van der Waals surface area contributed by atoms with E-state index in [0.717, 1.165) is 18.4 Å². The fourth-order valence-corrected chi connectivity index (χ4v) is 5.93. The zero-order valence-corrected chi connectivity index (χ0v) is 37.3. The smallest absolute Gasteiger partial charge is 0.414 e. The number of hydrogen-bond donors (Lipinski definition) is 2. The molecule has 0 fully saturated rings. The number of alkyl carbamates (subject to hydrolysis) is 2.